The van der Waals surface area contributed by atoms with Crippen LogP contribution >= 0.6 is 0 Å². The Morgan fingerprint density at radius 3 is 2.59 bits per heavy atom. The number of ether oxygens (including phenoxy) is 1. The summed E-state index contributed by atoms with van der Waals surface area (Å²) in [5.74, 6) is -1.33. The first-order valence-electron chi connectivity index (χ1n) is 8.88. The zero-order valence-electron chi connectivity index (χ0n) is 15.8. The first kappa shape index (κ1) is 20.4. The Bertz CT molecular complexity index is 732. The number of nitrogens with zero attached hydrogens (tertiary/aromatic N) is 1. The quantitative estimate of drug-likeness (QED) is 0.702. The van der Waals surface area contributed by atoms with Gasteiger partial charge in [0.05, 0.1) is 18.5 Å². The molecule has 1 aliphatic heterocycles. The minimum Gasteiger partial charge on any atom is -0.467 e. The molecule has 0 radical (unpaired) electrons. The largest absolute Gasteiger partial charge is 0.467 e. The van der Waals surface area contributed by atoms with Crippen molar-refractivity contribution in [1.29, 1.82) is 0 Å². The van der Waals surface area contributed by atoms with E-state index in [0.717, 1.165) is 0 Å². The molecule has 0 unspecified atom stereocenters. The molecule has 0 aromatic heterocycles. The Morgan fingerprint density at radius 1 is 1.22 bits per heavy atom. The molecule has 1 aliphatic rings. The van der Waals surface area contributed by atoms with Gasteiger partial charge in [0, 0.05) is 12.8 Å². The summed E-state index contributed by atoms with van der Waals surface area (Å²) in [7, 11) is 1.27. The number of carbonyl (C=O) groups excluding carboxylic acids is 4. The van der Waals surface area contributed by atoms with Crippen LogP contribution in [0.25, 0.3) is 0 Å². The second-order valence-corrected chi connectivity index (χ2v) is 6.82. The van der Waals surface area contributed by atoms with Crippen LogP contribution in [0.15, 0.2) is 24.3 Å². The molecule has 2 N–H and O–H groups in total. The van der Waals surface area contributed by atoms with Crippen LogP contribution in [-0.2, 0) is 23.9 Å². The van der Waals surface area contributed by atoms with Crippen molar-refractivity contribution in [3.05, 3.63) is 24.3 Å². The van der Waals surface area contributed by atoms with E-state index in [1.165, 1.54) is 12.0 Å². The predicted octanol–water partition coefficient (Wildman–Crippen LogP) is 1.46. The molecule has 1 heterocycles. The number of anilines is 2. The van der Waals surface area contributed by atoms with Gasteiger partial charge in [-0.2, -0.15) is 0 Å². The Hall–Kier alpha value is -2.90. The van der Waals surface area contributed by atoms with Crippen LogP contribution in [-0.4, -0.2) is 43.4 Å². The molecule has 146 valence electrons. The molecular formula is C19H25N3O5. The zero-order valence-corrected chi connectivity index (χ0v) is 15.8. The molecule has 0 saturated carbocycles. The topological polar surface area (TPSA) is 105 Å². The molecule has 0 aliphatic carbocycles. The van der Waals surface area contributed by atoms with E-state index in [1.807, 2.05) is 13.8 Å². The van der Waals surface area contributed by atoms with E-state index in [4.69, 9.17) is 4.74 Å². The number of amides is 3. The number of hydrogen-bond acceptors (Lipinski definition) is 5. The molecule has 0 fully saturated rings. The number of fused-ring (bicyclic) bond motifs is 1. The number of methoxy groups -OCH3 is 1. The van der Waals surface area contributed by atoms with Crippen molar-refractivity contribution in [2.75, 3.05) is 23.9 Å². The summed E-state index contributed by atoms with van der Waals surface area (Å²) in [6.07, 6.45) is 0.305. The van der Waals surface area contributed by atoms with E-state index in [1.54, 1.807) is 24.3 Å². The van der Waals surface area contributed by atoms with Gasteiger partial charge in [-0.15, -0.1) is 0 Å². The fourth-order valence-corrected chi connectivity index (χ4v) is 2.91. The summed E-state index contributed by atoms with van der Waals surface area (Å²) >= 11 is 0. The third-order valence-corrected chi connectivity index (χ3v) is 4.17. The Labute approximate surface area is 158 Å². The van der Waals surface area contributed by atoms with Gasteiger partial charge in [-0.05, 0) is 24.5 Å². The fourth-order valence-electron chi connectivity index (χ4n) is 2.91. The summed E-state index contributed by atoms with van der Waals surface area (Å²) in [6.45, 7) is 3.78. The second-order valence-electron chi connectivity index (χ2n) is 6.82. The molecule has 0 bridgehead atoms. The molecule has 1 atom stereocenters. The van der Waals surface area contributed by atoms with Crippen molar-refractivity contribution >= 4 is 35.1 Å². The smallest absolute Gasteiger partial charge is 0.328 e. The highest BCUT2D eigenvalue weighted by atomic mass is 16.5. The summed E-state index contributed by atoms with van der Waals surface area (Å²) in [5.41, 5.74) is 1.17. The van der Waals surface area contributed by atoms with Crippen LogP contribution in [0.4, 0.5) is 11.4 Å². The summed E-state index contributed by atoms with van der Waals surface area (Å²) in [5, 5.41) is 5.33. The maximum atomic E-state index is 12.5. The molecule has 1 aromatic rings. The SMILES string of the molecule is COC(=O)[C@H](CC(C)C)NC(=O)CCC(=O)N1CC(=O)Nc2ccccc21. The third kappa shape index (κ3) is 5.54. The normalized spacial score (nSPS) is 14.2. The molecule has 0 spiro atoms. The first-order valence-corrected chi connectivity index (χ1v) is 8.88. The highest BCUT2D eigenvalue weighted by molar-refractivity contribution is 6.10. The minimum absolute atomic E-state index is 0.0664. The van der Waals surface area contributed by atoms with E-state index in [-0.39, 0.29) is 37.1 Å². The van der Waals surface area contributed by atoms with Crippen LogP contribution in [0.5, 0.6) is 0 Å². The highest BCUT2D eigenvalue weighted by Gasteiger charge is 2.27. The summed E-state index contributed by atoms with van der Waals surface area (Å²) in [6, 6.07) is 6.26. The van der Waals surface area contributed by atoms with Crippen molar-refractivity contribution < 1.29 is 23.9 Å². The van der Waals surface area contributed by atoms with Crippen molar-refractivity contribution in [2.24, 2.45) is 5.92 Å². The number of carbonyl (C=O) groups is 4. The minimum atomic E-state index is -0.737. The maximum absolute atomic E-state index is 12.5. The number of hydrogen-bond donors (Lipinski definition) is 2. The van der Waals surface area contributed by atoms with E-state index in [2.05, 4.69) is 10.6 Å². The van der Waals surface area contributed by atoms with E-state index < -0.39 is 17.9 Å². The number of rotatable bonds is 7. The lowest BCUT2D eigenvalue weighted by Crippen LogP contribution is -2.44. The molecule has 0 saturated heterocycles. The van der Waals surface area contributed by atoms with Gasteiger partial charge in [-0.3, -0.25) is 14.4 Å². The molecule has 8 nitrogen and oxygen atoms in total. The molecule has 8 heteroatoms. The van der Waals surface area contributed by atoms with Crippen molar-refractivity contribution in [3.8, 4) is 0 Å². The second kappa shape index (κ2) is 9.16. The van der Waals surface area contributed by atoms with Crippen molar-refractivity contribution in [3.63, 3.8) is 0 Å². The number of esters is 1. The average molecular weight is 375 g/mol. The van der Waals surface area contributed by atoms with Crippen LogP contribution < -0.4 is 15.5 Å². The van der Waals surface area contributed by atoms with Crippen LogP contribution in [0, 0.1) is 5.92 Å². The Kier molecular flexibility index (Phi) is 6.92. The van der Waals surface area contributed by atoms with Crippen molar-refractivity contribution in [1.82, 2.24) is 5.32 Å². The lowest BCUT2D eigenvalue weighted by Gasteiger charge is -2.29. The van der Waals surface area contributed by atoms with Crippen molar-refractivity contribution in [2.45, 2.75) is 39.2 Å². The summed E-state index contributed by atoms with van der Waals surface area (Å²) < 4.78 is 4.71. The van der Waals surface area contributed by atoms with Crippen LogP contribution in [0.1, 0.15) is 33.1 Å². The number of benzene rings is 1. The van der Waals surface area contributed by atoms with E-state index in [0.29, 0.717) is 17.8 Å². The monoisotopic (exact) mass is 375 g/mol. The van der Waals surface area contributed by atoms with Gasteiger partial charge in [0.2, 0.25) is 17.7 Å². The molecule has 1 aromatic carbocycles. The first-order chi connectivity index (χ1) is 12.8. The van der Waals surface area contributed by atoms with Gasteiger partial charge in [-0.1, -0.05) is 26.0 Å². The maximum Gasteiger partial charge on any atom is 0.328 e. The van der Waals surface area contributed by atoms with Gasteiger partial charge in [-0.25, -0.2) is 4.79 Å². The zero-order chi connectivity index (χ0) is 20.0. The lowest BCUT2D eigenvalue weighted by atomic mass is 10.0. The molecular weight excluding hydrogens is 350 g/mol. The van der Waals surface area contributed by atoms with Gasteiger partial charge >= 0.3 is 5.97 Å². The van der Waals surface area contributed by atoms with Gasteiger partial charge < -0.3 is 20.3 Å². The van der Waals surface area contributed by atoms with Gasteiger partial charge in [0.25, 0.3) is 0 Å². The Balaban J connectivity index is 1.96. The average Bonchev–Trinajstić information content (AvgIpc) is 2.63. The standard InChI is InChI=1S/C19H25N3O5/c1-12(2)10-14(19(26)27-3)21-16(23)8-9-18(25)22-11-17(24)20-13-6-4-5-7-15(13)22/h4-7,12,14H,8-11H2,1-3H3,(H,20,24)(H,21,23)/t14-/m0/s1. The van der Waals surface area contributed by atoms with E-state index in [9.17, 15) is 19.2 Å². The number of para-hydroxylation sites is 2. The van der Waals surface area contributed by atoms with Crippen LogP contribution in [0.2, 0.25) is 0 Å². The van der Waals surface area contributed by atoms with Crippen LogP contribution in [0.3, 0.4) is 0 Å². The molecule has 27 heavy (non-hydrogen) atoms. The fraction of sp³-hybridized carbons (Fsp3) is 0.474. The molecule has 2 rings (SSSR count). The highest BCUT2D eigenvalue weighted by Crippen LogP contribution is 2.29. The lowest BCUT2D eigenvalue weighted by molar-refractivity contribution is -0.145. The van der Waals surface area contributed by atoms with Gasteiger partial charge in [0.15, 0.2) is 0 Å². The van der Waals surface area contributed by atoms with Gasteiger partial charge in [0.1, 0.15) is 12.6 Å². The third-order valence-electron chi connectivity index (χ3n) is 4.17. The Morgan fingerprint density at radius 2 is 1.93 bits per heavy atom. The molecule has 3 amide bonds. The number of nitrogens with one attached hydrogen (secondary N) is 2. The predicted molar refractivity (Wildman–Crippen MR) is 100 cm³/mol. The van der Waals surface area contributed by atoms with E-state index >= 15 is 0 Å². The summed E-state index contributed by atoms with van der Waals surface area (Å²) in [4.78, 5) is 49.7.